The number of carboxylic acids is 1. The first-order valence-corrected chi connectivity index (χ1v) is 10.5. The Hall–Kier alpha value is -2.73. The van der Waals surface area contributed by atoms with E-state index < -0.39 is 12.1 Å². The van der Waals surface area contributed by atoms with Crippen molar-refractivity contribution < 1.29 is 37.1 Å². The van der Waals surface area contributed by atoms with Gasteiger partial charge in [-0.3, -0.25) is 4.90 Å². The lowest BCUT2D eigenvalue weighted by Crippen LogP contribution is -2.25. The lowest BCUT2D eigenvalue weighted by atomic mass is 9.91. The Labute approximate surface area is 188 Å². The third kappa shape index (κ3) is 6.64. The summed E-state index contributed by atoms with van der Waals surface area (Å²) in [5.74, 6) is -0.743. The van der Waals surface area contributed by atoms with Gasteiger partial charge in [0.2, 0.25) is 0 Å². The smallest absolute Gasteiger partial charge is 0.475 e. The van der Waals surface area contributed by atoms with Crippen LogP contribution in [0.3, 0.4) is 0 Å². The van der Waals surface area contributed by atoms with Crippen LogP contribution < -0.4 is 4.74 Å². The number of alkyl halides is 3. The third-order valence-corrected chi connectivity index (χ3v) is 5.81. The van der Waals surface area contributed by atoms with Gasteiger partial charge in [0.25, 0.3) is 0 Å². The zero-order valence-corrected chi connectivity index (χ0v) is 18.6. The van der Waals surface area contributed by atoms with E-state index in [2.05, 4.69) is 20.0 Å². The van der Waals surface area contributed by atoms with Gasteiger partial charge in [-0.15, -0.1) is 0 Å². The summed E-state index contributed by atoms with van der Waals surface area (Å²) in [5.41, 5.74) is 3.12. The minimum absolute atomic E-state index is 0.329. The highest BCUT2D eigenvalue weighted by atomic mass is 19.4. The van der Waals surface area contributed by atoms with Crippen molar-refractivity contribution in [2.24, 2.45) is 11.8 Å². The summed E-state index contributed by atoms with van der Waals surface area (Å²) in [4.78, 5) is 19.8. The molecule has 2 aliphatic heterocycles. The van der Waals surface area contributed by atoms with Crippen LogP contribution in [0.25, 0.3) is 0 Å². The van der Waals surface area contributed by atoms with Crippen molar-refractivity contribution in [3.63, 3.8) is 0 Å². The number of aliphatic carboxylic acids is 1. The van der Waals surface area contributed by atoms with E-state index >= 15 is 0 Å². The molecule has 9 nitrogen and oxygen atoms in total. The average molecular weight is 472 g/mol. The second kappa shape index (κ2) is 10.5. The van der Waals surface area contributed by atoms with Gasteiger partial charge in [0, 0.05) is 43.0 Å². The van der Waals surface area contributed by atoms with Gasteiger partial charge in [0.1, 0.15) is 5.76 Å². The quantitative estimate of drug-likeness (QED) is 0.678. The van der Waals surface area contributed by atoms with E-state index in [9.17, 15) is 13.2 Å². The van der Waals surface area contributed by atoms with E-state index in [0.29, 0.717) is 30.6 Å². The number of ether oxygens (including phenoxy) is 2. The molecule has 12 heteroatoms. The van der Waals surface area contributed by atoms with E-state index in [1.54, 1.807) is 6.20 Å². The zero-order chi connectivity index (χ0) is 24.2. The first-order valence-electron chi connectivity index (χ1n) is 10.5. The number of rotatable bonds is 6. The number of hydrogen-bond acceptors (Lipinski definition) is 8. The zero-order valence-electron chi connectivity index (χ0n) is 18.6. The predicted molar refractivity (Wildman–Crippen MR) is 109 cm³/mol. The van der Waals surface area contributed by atoms with E-state index in [1.807, 2.05) is 26.8 Å². The van der Waals surface area contributed by atoms with E-state index in [0.717, 1.165) is 49.8 Å². The van der Waals surface area contributed by atoms with Crippen molar-refractivity contribution in [3.05, 3.63) is 35.0 Å². The minimum atomic E-state index is -5.08. The van der Waals surface area contributed by atoms with Gasteiger partial charge < -0.3 is 19.1 Å². The molecule has 0 amide bonds. The van der Waals surface area contributed by atoms with Crippen LogP contribution in [0.4, 0.5) is 13.2 Å². The van der Waals surface area contributed by atoms with Crippen molar-refractivity contribution in [3.8, 4) is 6.01 Å². The Morgan fingerprint density at radius 3 is 2.64 bits per heavy atom. The maximum absolute atomic E-state index is 10.6. The van der Waals surface area contributed by atoms with Crippen molar-refractivity contribution in [2.45, 2.75) is 46.0 Å². The predicted octanol–water partition coefficient (Wildman–Crippen LogP) is 2.94. The number of aryl methyl sites for hydroxylation is 3. The molecule has 33 heavy (non-hydrogen) atoms. The second-order valence-electron chi connectivity index (χ2n) is 8.21. The number of likely N-dealkylation sites (tertiary alicyclic amines) is 1. The fourth-order valence-corrected chi connectivity index (χ4v) is 4.05. The second-order valence-corrected chi connectivity index (χ2v) is 8.21. The molecule has 0 aromatic carbocycles. The molecular formula is C21H27F3N4O5. The SMILES string of the molecule is Cc1ccnc(OCC[C@H]2CO[C@H]3CN(Cc4c(C)noc4C)C[C@@H]23)n1.O=C(O)C(F)(F)F. The molecule has 4 heterocycles. The highest BCUT2D eigenvalue weighted by Gasteiger charge is 2.43. The van der Waals surface area contributed by atoms with Crippen molar-refractivity contribution in [1.82, 2.24) is 20.0 Å². The summed E-state index contributed by atoms with van der Waals surface area (Å²) in [7, 11) is 0. The number of halogens is 3. The van der Waals surface area contributed by atoms with Gasteiger partial charge in [-0.2, -0.15) is 13.2 Å². The molecule has 182 valence electrons. The minimum Gasteiger partial charge on any atom is -0.475 e. The lowest BCUT2D eigenvalue weighted by molar-refractivity contribution is -0.192. The summed E-state index contributed by atoms with van der Waals surface area (Å²) in [5, 5.41) is 11.2. The molecule has 2 aromatic rings. The Morgan fingerprint density at radius 1 is 1.30 bits per heavy atom. The van der Waals surface area contributed by atoms with E-state index in [4.69, 9.17) is 23.9 Å². The summed E-state index contributed by atoms with van der Waals surface area (Å²) >= 11 is 0. The maximum Gasteiger partial charge on any atom is 0.490 e. The van der Waals surface area contributed by atoms with Gasteiger partial charge in [-0.05, 0) is 39.2 Å². The van der Waals surface area contributed by atoms with Crippen LogP contribution in [-0.2, 0) is 16.1 Å². The summed E-state index contributed by atoms with van der Waals surface area (Å²) in [6.45, 7) is 10.3. The fourth-order valence-electron chi connectivity index (χ4n) is 4.05. The van der Waals surface area contributed by atoms with Gasteiger partial charge in [-0.1, -0.05) is 5.16 Å². The molecule has 3 atom stereocenters. The van der Waals surface area contributed by atoms with Gasteiger partial charge in [0.05, 0.1) is 25.0 Å². The largest absolute Gasteiger partial charge is 0.490 e. The molecule has 4 rings (SSSR count). The molecule has 0 radical (unpaired) electrons. The van der Waals surface area contributed by atoms with Gasteiger partial charge >= 0.3 is 18.2 Å². The van der Waals surface area contributed by atoms with Gasteiger partial charge in [0.15, 0.2) is 0 Å². The van der Waals surface area contributed by atoms with E-state index in [-0.39, 0.29) is 0 Å². The van der Waals surface area contributed by atoms with Crippen LogP contribution in [0.15, 0.2) is 16.8 Å². The Morgan fingerprint density at radius 2 is 2.03 bits per heavy atom. The maximum atomic E-state index is 10.6. The van der Waals surface area contributed by atoms with Gasteiger partial charge in [-0.25, -0.2) is 14.8 Å². The summed E-state index contributed by atoms with van der Waals surface area (Å²) in [6, 6.07) is 2.33. The number of aromatic nitrogens is 3. The lowest BCUT2D eigenvalue weighted by Gasteiger charge is -2.19. The highest BCUT2D eigenvalue weighted by Crippen LogP contribution is 2.36. The molecule has 2 fully saturated rings. The van der Waals surface area contributed by atoms with E-state index in [1.165, 1.54) is 5.56 Å². The first-order chi connectivity index (χ1) is 15.5. The topological polar surface area (TPSA) is 111 Å². The molecular weight excluding hydrogens is 445 g/mol. The van der Waals surface area contributed by atoms with Crippen molar-refractivity contribution >= 4 is 5.97 Å². The monoisotopic (exact) mass is 472 g/mol. The summed E-state index contributed by atoms with van der Waals surface area (Å²) < 4.78 is 48.8. The summed E-state index contributed by atoms with van der Waals surface area (Å²) in [6.07, 6.45) is -2.05. The molecule has 0 saturated carbocycles. The molecule has 0 aliphatic carbocycles. The Balaban J connectivity index is 0.000000383. The first kappa shape index (κ1) is 24.9. The number of hydrogen-bond donors (Lipinski definition) is 1. The van der Waals surface area contributed by atoms with Crippen LogP contribution >= 0.6 is 0 Å². The van der Waals surface area contributed by atoms with Crippen LogP contribution in [0, 0.1) is 32.6 Å². The molecule has 1 N–H and O–H groups in total. The highest BCUT2D eigenvalue weighted by molar-refractivity contribution is 5.73. The van der Waals surface area contributed by atoms with Crippen LogP contribution in [0.2, 0.25) is 0 Å². The molecule has 0 bridgehead atoms. The Bertz CT molecular complexity index is 933. The molecule has 0 spiro atoms. The van der Waals surface area contributed by atoms with Crippen molar-refractivity contribution in [2.75, 3.05) is 26.3 Å². The third-order valence-electron chi connectivity index (χ3n) is 5.81. The molecule has 0 unspecified atom stereocenters. The number of nitrogens with zero attached hydrogens (tertiary/aromatic N) is 4. The van der Waals surface area contributed by atoms with Crippen LogP contribution in [-0.4, -0.2) is 69.7 Å². The van der Waals surface area contributed by atoms with Crippen LogP contribution in [0.5, 0.6) is 6.01 Å². The van der Waals surface area contributed by atoms with Crippen molar-refractivity contribution in [1.29, 1.82) is 0 Å². The fraction of sp³-hybridized carbons (Fsp3) is 0.619. The average Bonchev–Trinajstić information content (AvgIpc) is 3.39. The number of fused-ring (bicyclic) bond motifs is 1. The molecule has 2 aromatic heterocycles. The molecule has 2 aliphatic rings. The van der Waals surface area contributed by atoms with Crippen LogP contribution in [0.1, 0.15) is 29.1 Å². The standard InChI is InChI=1S/C19H26N4O3.C2HF3O2/c1-12-4-6-20-19(21-12)24-7-5-15-11-25-18-10-23(9-17(15)18)8-16-13(2)22-26-14(16)3;3-2(4,5)1(6)7/h4,6,15,17-18H,5,7-11H2,1-3H3;(H,6,7)/t15-,17-,18-;/m0./s1. The molecule has 2 saturated heterocycles. The number of carboxylic acid groups (broad SMARTS) is 1. The number of carbonyl (C=O) groups is 1. The normalized spacial score (nSPS) is 22.5. The Kier molecular flexibility index (Phi) is 7.90.